The van der Waals surface area contributed by atoms with E-state index in [9.17, 15) is 4.39 Å². The van der Waals surface area contributed by atoms with Crippen LogP contribution in [0.4, 0.5) is 4.39 Å². The van der Waals surface area contributed by atoms with Crippen molar-refractivity contribution in [3.05, 3.63) is 48.3 Å². The topological polar surface area (TPSA) is 38.0 Å². The highest BCUT2D eigenvalue weighted by Gasteiger charge is 2.46. The van der Waals surface area contributed by atoms with Gasteiger partial charge in [0.15, 0.2) is 0 Å². The van der Waals surface area contributed by atoms with Crippen molar-refractivity contribution in [1.82, 2.24) is 5.32 Å². The van der Waals surface area contributed by atoms with Crippen molar-refractivity contribution in [3.8, 4) is 0 Å². The van der Waals surface area contributed by atoms with Crippen LogP contribution in [0.25, 0.3) is 5.70 Å². The summed E-state index contributed by atoms with van der Waals surface area (Å²) < 4.78 is 13.7. The van der Waals surface area contributed by atoms with E-state index in [0.717, 1.165) is 33.9 Å². The summed E-state index contributed by atoms with van der Waals surface area (Å²) in [5.74, 6) is 2.73. The molecule has 0 heterocycles. The highest BCUT2D eigenvalue weighted by atomic mass is 32.2. The number of thioether (sulfide) groups is 1. The molecule has 2 fully saturated rings. The van der Waals surface area contributed by atoms with Crippen LogP contribution in [0.5, 0.6) is 0 Å². The van der Waals surface area contributed by atoms with Crippen LogP contribution in [0.1, 0.15) is 45.1 Å². The van der Waals surface area contributed by atoms with Gasteiger partial charge in [-0.1, -0.05) is 31.7 Å². The molecule has 2 saturated carbocycles. The Morgan fingerprint density at radius 2 is 2.00 bits per heavy atom. The smallest absolute Gasteiger partial charge is 0.107 e. The minimum Gasteiger partial charge on any atom is -0.380 e. The fraction of sp³-hybridized carbons (Fsp3) is 0.545. The van der Waals surface area contributed by atoms with Crippen molar-refractivity contribution >= 4 is 17.5 Å². The van der Waals surface area contributed by atoms with Gasteiger partial charge in [-0.15, -0.1) is 11.8 Å². The molecule has 4 heteroatoms. The van der Waals surface area contributed by atoms with Crippen LogP contribution in [0, 0.1) is 17.8 Å². The molecule has 0 aliphatic heterocycles. The maximum absolute atomic E-state index is 13.7. The summed E-state index contributed by atoms with van der Waals surface area (Å²) in [6.45, 7) is 9.27. The fourth-order valence-electron chi connectivity index (χ4n) is 4.96. The lowest BCUT2D eigenvalue weighted by Crippen LogP contribution is -2.39. The van der Waals surface area contributed by atoms with Gasteiger partial charge in [-0.25, -0.2) is 4.39 Å². The third-order valence-electron chi connectivity index (χ3n) is 5.87. The first kappa shape index (κ1) is 19.5. The van der Waals surface area contributed by atoms with Crippen LogP contribution in [-0.4, -0.2) is 17.8 Å². The lowest BCUT2D eigenvalue weighted by atomic mass is 9.93. The summed E-state index contributed by atoms with van der Waals surface area (Å²) in [6, 6.07) is 8.12. The van der Waals surface area contributed by atoms with Gasteiger partial charge in [0, 0.05) is 34.0 Å². The number of hydrogen-bond donors (Lipinski definition) is 2. The molecule has 2 aliphatic carbocycles. The third-order valence-corrected chi connectivity index (χ3v) is 6.96. The molecule has 2 atom stereocenters. The van der Waals surface area contributed by atoms with E-state index in [0.29, 0.717) is 5.75 Å². The number of nitrogens with one attached hydrogen (secondary N) is 1. The van der Waals surface area contributed by atoms with Gasteiger partial charge < -0.3 is 11.1 Å². The number of benzene rings is 1. The predicted octanol–water partition coefficient (Wildman–Crippen LogP) is 5.37. The molecule has 2 unspecified atom stereocenters. The second kappa shape index (κ2) is 8.18. The summed E-state index contributed by atoms with van der Waals surface area (Å²) in [5, 5.41) is 3.73. The first-order valence-corrected chi connectivity index (χ1v) is 10.6. The van der Waals surface area contributed by atoms with Gasteiger partial charge in [0.25, 0.3) is 0 Å². The number of halogens is 1. The maximum atomic E-state index is 13.7. The summed E-state index contributed by atoms with van der Waals surface area (Å²) in [5.41, 5.74) is 7.52. The summed E-state index contributed by atoms with van der Waals surface area (Å²) >= 11 is 1.50. The fourth-order valence-corrected chi connectivity index (χ4v) is 5.90. The van der Waals surface area contributed by atoms with Gasteiger partial charge in [-0.2, -0.15) is 0 Å². The molecule has 3 N–H and O–H groups in total. The molecule has 2 aliphatic rings. The van der Waals surface area contributed by atoms with Crippen LogP contribution < -0.4 is 11.1 Å². The van der Waals surface area contributed by atoms with Crippen molar-refractivity contribution < 1.29 is 4.39 Å². The number of rotatable bonds is 7. The first-order valence-electron chi connectivity index (χ1n) is 9.64. The van der Waals surface area contributed by atoms with E-state index >= 15 is 0 Å². The second-order valence-electron chi connectivity index (χ2n) is 8.34. The Hall–Kier alpha value is -1.26. The van der Waals surface area contributed by atoms with Gasteiger partial charge in [0.1, 0.15) is 5.83 Å². The van der Waals surface area contributed by atoms with Crippen LogP contribution >= 0.6 is 11.8 Å². The van der Waals surface area contributed by atoms with Crippen molar-refractivity contribution in [2.75, 3.05) is 12.3 Å². The molecule has 0 amide bonds. The van der Waals surface area contributed by atoms with Crippen molar-refractivity contribution in [1.29, 1.82) is 0 Å². The average molecular weight is 375 g/mol. The Kier molecular flexibility index (Phi) is 6.13. The standard InChI is InChI=1S/C22H31FN2S/c1-15-10-17-12-22(3,13-18(17)11-15)25-16(2)20-6-4-5-7-21(20)26-14-19(23)8-9-24/h4-8,15,17-18,25H,2,9-14,24H2,1,3H3/b19-8-. The molecule has 1 aromatic rings. The van der Waals surface area contributed by atoms with Gasteiger partial charge in [0.05, 0.1) is 0 Å². The molecule has 0 spiro atoms. The average Bonchev–Trinajstić information content (AvgIpc) is 3.05. The summed E-state index contributed by atoms with van der Waals surface area (Å²) in [4.78, 5) is 1.06. The Labute approximate surface area is 161 Å². The molecular weight excluding hydrogens is 343 g/mol. The Morgan fingerprint density at radius 1 is 1.35 bits per heavy atom. The molecule has 2 nitrogen and oxygen atoms in total. The van der Waals surface area contributed by atoms with Gasteiger partial charge in [0.2, 0.25) is 0 Å². The molecule has 1 aromatic carbocycles. The van der Waals surface area contributed by atoms with Crippen molar-refractivity contribution in [2.24, 2.45) is 23.5 Å². The lowest BCUT2D eigenvalue weighted by Gasteiger charge is -2.30. The molecule has 26 heavy (non-hydrogen) atoms. The number of fused-ring (bicyclic) bond motifs is 1. The zero-order valence-electron chi connectivity index (χ0n) is 15.9. The van der Waals surface area contributed by atoms with Gasteiger partial charge in [-0.3, -0.25) is 0 Å². The predicted molar refractivity (Wildman–Crippen MR) is 111 cm³/mol. The Bertz CT molecular complexity index is 670. The highest BCUT2D eigenvalue weighted by molar-refractivity contribution is 7.99. The van der Waals surface area contributed by atoms with Crippen LogP contribution in [-0.2, 0) is 0 Å². The van der Waals surface area contributed by atoms with E-state index in [1.807, 2.05) is 18.2 Å². The molecule has 3 rings (SSSR count). The third kappa shape index (κ3) is 4.52. The summed E-state index contributed by atoms with van der Waals surface area (Å²) in [6.07, 6.45) is 6.62. The molecule has 142 valence electrons. The van der Waals surface area contributed by atoms with Crippen LogP contribution in [0.15, 0.2) is 47.6 Å². The van der Waals surface area contributed by atoms with E-state index in [1.165, 1.54) is 43.5 Å². The van der Waals surface area contributed by atoms with E-state index in [2.05, 4.69) is 31.8 Å². The first-order chi connectivity index (χ1) is 12.4. The van der Waals surface area contributed by atoms with Crippen molar-refractivity contribution in [3.63, 3.8) is 0 Å². The normalized spacial score (nSPS) is 31.1. The lowest BCUT2D eigenvalue weighted by molar-refractivity contribution is 0.368. The molecule has 0 saturated heterocycles. The number of hydrogen-bond acceptors (Lipinski definition) is 3. The maximum Gasteiger partial charge on any atom is 0.107 e. The minimum absolute atomic E-state index is 0.120. The molecule has 0 aromatic heterocycles. The zero-order valence-corrected chi connectivity index (χ0v) is 16.7. The van der Waals surface area contributed by atoms with E-state index in [-0.39, 0.29) is 17.9 Å². The SMILES string of the molecule is C=C(NC1(C)CC2CC(C)CC2C1)c1ccccc1SC/C(F)=C/CN. The highest BCUT2D eigenvalue weighted by Crippen LogP contribution is 2.51. The molecular formula is C22H31FN2S. The Balaban J connectivity index is 1.66. The van der Waals surface area contributed by atoms with Crippen LogP contribution in [0.2, 0.25) is 0 Å². The van der Waals surface area contributed by atoms with Gasteiger partial charge in [-0.05, 0) is 62.5 Å². The van der Waals surface area contributed by atoms with E-state index < -0.39 is 0 Å². The van der Waals surface area contributed by atoms with E-state index in [1.54, 1.807) is 0 Å². The monoisotopic (exact) mass is 374 g/mol. The minimum atomic E-state index is -0.171. The number of nitrogens with two attached hydrogens (primary N) is 1. The second-order valence-corrected chi connectivity index (χ2v) is 9.36. The van der Waals surface area contributed by atoms with Crippen molar-refractivity contribution in [2.45, 2.75) is 50.0 Å². The molecule has 0 bridgehead atoms. The quantitative estimate of drug-likeness (QED) is 0.631. The summed E-state index contributed by atoms with van der Waals surface area (Å²) in [7, 11) is 0. The largest absolute Gasteiger partial charge is 0.380 e. The van der Waals surface area contributed by atoms with Gasteiger partial charge >= 0.3 is 0 Å². The van der Waals surface area contributed by atoms with E-state index in [4.69, 9.17) is 5.73 Å². The Morgan fingerprint density at radius 3 is 2.65 bits per heavy atom. The zero-order chi connectivity index (χ0) is 18.7. The molecule has 0 radical (unpaired) electrons. The van der Waals surface area contributed by atoms with Crippen LogP contribution in [0.3, 0.4) is 0 Å².